The number of imide groups is 1. The number of carbonyl (C=O) groups excluding carboxylic acids is 2. The molecular weight excluding hydrogens is 456 g/mol. The second-order valence-corrected chi connectivity index (χ2v) is 10.4. The standard InChI is InChI=1S/C29H32N2O3S/c1-18(2)25-12-9-20(4)15-26(25)34-14-13-30-28(32)27(35-29(30)33)17-23-16-21(5)31(22(23)6)24-10-7-19(3)8-11-24/h7-12,15-18H,13-14H2,1-6H3/b27-17-. The lowest BCUT2D eigenvalue weighted by Crippen LogP contribution is -2.32. The minimum atomic E-state index is -0.267. The van der Waals surface area contributed by atoms with Crippen molar-refractivity contribution in [1.82, 2.24) is 9.47 Å². The van der Waals surface area contributed by atoms with Gasteiger partial charge in [0.1, 0.15) is 12.4 Å². The van der Waals surface area contributed by atoms with Crippen molar-refractivity contribution in [3.63, 3.8) is 0 Å². The molecule has 6 heteroatoms. The van der Waals surface area contributed by atoms with E-state index >= 15 is 0 Å². The Hall–Kier alpha value is -3.25. The number of rotatable bonds is 7. The third kappa shape index (κ3) is 5.22. The first-order valence-corrected chi connectivity index (χ1v) is 12.7. The van der Waals surface area contributed by atoms with E-state index in [1.54, 1.807) is 0 Å². The molecule has 2 aromatic carbocycles. The second-order valence-electron chi connectivity index (χ2n) is 9.38. The molecule has 0 spiro atoms. The van der Waals surface area contributed by atoms with E-state index in [-0.39, 0.29) is 24.3 Å². The average Bonchev–Trinajstić information content (AvgIpc) is 3.23. The first kappa shape index (κ1) is 24.9. The van der Waals surface area contributed by atoms with Crippen molar-refractivity contribution in [2.75, 3.05) is 13.2 Å². The number of hydrogen-bond acceptors (Lipinski definition) is 4. The van der Waals surface area contributed by atoms with Crippen LogP contribution in [0.25, 0.3) is 11.8 Å². The smallest absolute Gasteiger partial charge is 0.293 e. The molecule has 182 valence electrons. The topological polar surface area (TPSA) is 51.5 Å². The molecule has 0 saturated carbocycles. The predicted molar refractivity (Wildman–Crippen MR) is 143 cm³/mol. The molecule has 1 aromatic heterocycles. The summed E-state index contributed by atoms with van der Waals surface area (Å²) in [7, 11) is 0. The van der Waals surface area contributed by atoms with Crippen molar-refractivity contribution >= 4 is 29.0 Å². The van der Waals surface area contributed by atoms with E-state index in [1.165, 1.54) is 10.5 Å². The van der Waals surface area contributed by atoms with Crippen molar-refractivity contribution in [3.05, 3.63) is 87.1 Å². The van der Waals surface area contributed by atoms with Crippen LogP contribution in [0.3, 0.4) is 0 Å². The van der Waals surface area contributed by atoms with Crippen molar-refractivity contribution in [3.8, 4) is 11.4 Å². The highest BCUT2D eigenvalue weighted by atomic mass is 32.2. The van der Waals surface area contributed by atoms with Gasteiger partial charge in [0.2, 0.25) is 0 Å². The predicted octanol–water partition coefficient (Wildman–Crippen LogP) is 6.95. The number of thioether (sulfide) groups is 1. The molecular formula is C29H32N2O3S. The van der Waals surface area contributed by atoms with Gasteiger partial charge < -0.3 is 9.30 Å². The molecule has 2 amide bonds. The highest BCUT2D eigenvalue weighted by molar-refractivity contribution is 8.18. The van der Waals surface area contributed by atoms with Crippen molar-refractivity contribution in [1.29, 1.82) is 0 Å². The Morgan fingerprint density at radius 1 is 0.943 bits per heavy atom. The lowest BCUT2D eigenvalue weighted by atomic mass is 10.0. The van der Waals surface area contributed by atoms with E-state index in [1.807, 2.05) is 32.9 Å². The minimum Gasteiger partial charge on any atom is -0.491 e. The number of benzene rings is 2. The number of carbonyl (C=O) groups is 2. The summed E-state index contributed by atoms with van der Waals surface area (Å²) < 4.78 is 8.17. The van der Waals surface area contributed by atoms with Crippen LogP contribution >= 0.6 is 11.8 Å². The van der Waals surface area contributed by atoms with Gasteiger partial charge in [-0.3, -0.25) is 14.5 Å². The molecule has 1 saturated heterocycles. The number of aryl methyl sites for hydroxylation is 3. The maximum Gasteiger partial charge on any atom is 0.293 e. The van der Waals surface area contributed by atoms with Gasteiger partial charge >= 0.3 is 0 Å². The van der Waals surface area contributed by atoms with Crippen LogP contribution in [-0.4, -0.2) is 33.8 Å². The Balaban J connectivity index is 1.49. The molecule has 35 heavy (non-hydrogen) atoms. The number of aromatic nitrogens is 1. The second kappa shape index (κ2) is 10.2. The average molecular weight is 489 g/mol. The summed E-state index contributed by atoms with van der Waals surface area (Å²) in [5.41, 5.74) is 7.55. The summed E-state index contributed by atoms with van der Waals surface area (Å²) in [6, 6.07) is 16.6. The van der Waals surface area contributed by atoms with E-state index in [0.717, 1.165) is 51.3 Å². The highest BCUT2D eigenvalue weighted by Crippen LogP contribution is 2.34. The molecule has 0 bridgehead atoms. The maximum atomic E-state index is 13.1. The number of amides is 2. The molecule has 4 rings (SSSR count). The Kier molecular flexibility index (Phi) is 7.22. The Labute approximate surface area is 211 Å². The fourth-order valence-electron chi connectivity index (χ4n) is 4.35. The summed E-state index contributed by atoms with van der Waals surface area (Å²) in [5.74, 6) is 0.868. The lowest BCUT2D eigenvalue weighted by Gasteiger charge is -2.17. The van der Waals surface area contributed by atoms with Crippen LogP contribution in [0.5, 0.6) is 5.75 Å². The van der Waals surface area contributed by atoms with Gasteiger partial charge in [-0.2, -0.15) is 0 Å². The molecule has 0 unspecified atom stereocenters. The molecule has 3 aromatic rings. The van der Waals surface area contributed by atoms with Gasteiger partial charge in [-0.1, -0.05) is 43.7 Å². The minimum absolute atomic E-state index is 0.218. The fraction of sp³-hybridized carbons (Fsp3) is 0.310. The van der Waals surface area contributed by atoms with Crippen LogP contribution in [0.4, 0.5) is 4.79 Å². The van der Waals surface area contributed by atoms with Gasteiger partial charge in [0.15, 0.2) is 0 Å². The van der Waals surface area contributed by atoms with E-state index in [4.69, 9.17) is 4.74 Å². The zero-order chi connectivity index (χ0) is 25.3. The van der Waals surface area contributed by atoms with Crippen LogP contribution in [0.2, 0.25) is 0 Å². The summed E-state index contributed by atoms with van der Waals surface area (Å²) in [6.07, 6.45) is 1.83. The molecule has 0 N–H and O–H groups in total. The Bertz CT molecular complexity index is 1300. The molecule has 2 heterocycles. The zero-order valence-electron chi connectivity index (χ0n) is 21.2. The van der Waals surface area contributed by atoms with Crippen LogP contribution in [-0.2, 0) is 4.79 Å². The normalized spacial score (nSPS) is 15.1. The maximum absolute atomic E-state index is 13.1. The lowest BCUT2D eigenvalue weighted by molar-refractivity contribution is -0.123. The zero-order valence-corrected chi connectivity index (χ0v) is 22.0. The Morgan fingerprint density at radius 3 is 2.31 bits per heavy atom. The molecule has 5 nitrogen and oxygen atoms in total. The summed E-state index contributed by atoms with van der Waals surface area (Å²) in [6.45, 7) is 12.9. The van der Waals surface area contributed by atoms with Crippen molar-refractivity contribution in [2.45, 2.75) is 47.5 Å². The van der Waals surface area contributed by atoms with Crippen molar-refractivity contribution in [2.24, 2.45) is 0 Å². The van der Waals surface area contributed by atoms with Gasteiger partial charge in [-0.05, 0) is 92.4 Å². The van der Waals surface area contributed by atoms with Gasteiger partial charge in [-0.25, -0.2) is 0 Å². The first-order valence-electron chi connectivity index (χ1n) is 11.9. The van der Waals surface area contributed by atoms with Gasteiger partial charge in [0, 0.05) is 17.1 Å². The molecule has 1 fully saturated rings. The summed E-state index contributed by atoms with van der Waals surface area (Å²) in [5, 5.41) is -0.259. The van der Waals surface area contributed by atoms with Gasteiger partial charge in [0.05, 0.1) is 11.4 Å². The number of nitrogens with zero attached hydrogens (tertiary/aromatic N) is 2. The van der Waals surface area contributed by atoms with Crippen LogP contribution in [0.15, 0.2) is 53.4 Å². The molecule has 0 atom stereocenters. The van der Waals surface area contributed by atoms with Crippen LogP contribution < -0.4 is 4.74 Å². The van der Waals surface area contributed by atoms with E-state index in [9.17, 15) is 9.59 Å². The Morgan fingerprint density at radius 2 is 1.63 bits per heavy atom. The molecule has 0 radical (unpaired) electrons. The summed E-state index contributed by atoms with van der Waals surface area (Å²) in [4.78, 5) is 27.4. The van der Waals surface area contributed by atoms with Crippen LogP contribution in [0, 0.1) is 27.7 Å². The number of hydrogen-bond donors (Lipinski definition) is 0. The van der Waals surface area contributed by atoms with E-state index in [0.29, 0.717) is 10.8 Å². The third-order valence-corrected chi connectivity index (χ3v) is 7.19. The molecule has 0 aliphatic carbocycles. The van der Waals surface area contributed by atoms with Crippen molar-refractivity contribution < 1.29 is 14.3 Å². The summed E-state index contributed by atoms with van der Waals surface area (Å²) >= 11 is 0.989. The fourth-order valence-corrected chi connectivity index (χ4v) is 5.21. The van der Waals surface area contributed by atoms with Gasteiger partial charge in [0.25, 0.3) is 11.1 Å². The third-order valence-electron chi connectivity index (χ3n) is 6.29. The monoisotopic (exact) mass is 488 g/mol. The van der Waals surface area contributed by atoms with Crippen LogP contribution in [0.1, 0.15) is 53.4 Å². The SMILES string of the molecule is Cc1ccc(-n2c(C)cc(/C=C3\SC(=O)N(CCOc4cc(C)ccc4C(C)C)C3=O)c2C)cc1. The van der Waals surface area contributed by atoms with E-state index in [2.05, 4.69) is 67.8 Å². The van der Waals surface area contributed by atoms with E-state index < -0.39 is 0 Å². The molecule has 1 aliphatic rings. The molecule has 1 aliphatic heterocycles. The largest absolute Gasteiger partial charge is 0.491 e. The number of ether oxygens (including phenoxy) is 1. The highest BCUT2D eigenvalue weighted by Gasteiger charge is 2.35. The first-order chi connectivity index (χ1) is 16.7. The quantitative estimate of drug-likeness (QED) is 0.338. The van der Waals surface area contributed by atoms with Gasteiger partial charge in [-0.15, -0.1) is 0 Å².